The van der Waals surface area contributed by atoms with E-state index in [1.165, 1.54) is 16.7 Å². The Morgan fingerprint density at radius 1 is 1.26 bits per heavy atom. The van der Waals surface area contributed by atoms with Crippen LogP contribution in [0.5, 0.6) is 0 Å². The van der Waals surface area contributed by atoms with Crippen LogP contribution in [0.2, 0.25) is 0 Å². The van der Waals surface area contributed by atoms with E-state index >= 15 is 0 Å². The van der Waals surface area contributed by atoms with Gasteiger partial charge in [0.05, 0.1) is 5.41 Å². The fourth-order valence-electron chi connectivity index (χ4n) is 3.83. The number of hydrogen-bond acceptors (Lipinski definition) is 2. The number of carbonyl (C=O) groups excluding carboxylic acids is 1. The Morgan fingerprint density at radius 2 is 2.00 bits per heavy atom. The molecule has 0 radical (unpaired) electrons. The lowest BCUT2D eigenvalue weighted by atomic mass is 9.91. The molecule has 2 aliphatic rings. The highest BCUT2D eigenvalue weighted by Crippen LogP contribution is 2.49. The quantitative estimate of drug-likeness (QED) is 0.947. The highest BCUT2D eigenvalue weighted by Gasteiger charge is 2.51. The lowest BCUT2D eigenvalue weighted by molar-refractivity contribution is -0.124. The average Bonchev–Trinajstić information content (AvgIpc) is 3.19. The third-order valence-corrected chi connectivity index (χ3v) is 5.23. The molecule has 1 unspecified atom stereocenters. The summed E-state index contributed by atoms with van der Waals surface area (Å²) < 4.78 is 2.16. The third-order valence-electron chi connectivity index (χ3n) is 5.23. The predicted molar refractivity (Wildman–Crippen MR) is 89.3 cm³/mol. The smallest absolute Gasteiger partial charge is 0.230 e. The molecule has 1 amide bonds. The zero-order valence-corrected chi connectivity index (χ0v) is 13.8. The van der Waals surface area contributed by atoms with Crippen LogP contribution in [0, 0.1) is 13.8 Å². The summed E-state index contributed by atoms with van der Waals surface area (Å²) in [5.41, 5.74) is 3.37. The first-order valence-corrected chi connectivity index (χ1v) is 8.47. The number of nitrogens with zero attached hydrogens (tertiary/aromatic N) is 2. The monoisotopic (exact) mass is 309 g/mol. The van der Waals surface area contributed by atoms with Gasteiger partial charge in [0.15, 0.2) is 0 Å². The summed E-state index contributed by atoms with van der Waals surface area (Å²) in [6, 6.07) is 6.73. The van der Waals surface area contributed by atoms with Crippen LogP contribution in [0.25, 0.3) is 0 Å². The van der Waals surface area contributed by atoms with E-state index in [2.05, 4.69) is 46.9 Å². The number of amides is 1. The van der Waals surface area contributed by atoms with Gasteiger partial charge in [-0.05, 0) is 38.7 Å². The standard InChI is InChI=1S/C19H23N3O/c1-13-9-14(2)11-15(10-13)19(5-6-19)18(23)21-16-3-4-17-20-7-8-22(17)12-16/h7-11,16H,3-6,12H2,1-2H3,(H,21,23). The predicted octanol–water partition coefficient (Wildman–Crippen LogP) is 2.66. The van der Waals surface area contributed by atoms with Crippen LogP contribution in [-0.4, -0.2) is 21.5 Å². The highest BCUT2D eigenvalue weighted by molar-refractivity contribution is 5.91. The SMILES string of the molecule is Cc1cc(C)cc(C2(C(=O)NC3CCc4nccn4C3)CC2)c1. The maximum absolute atomic E-state index is 12.9. The Morgan fingerprint density at radius 3 is 2.70 bits per heavy atom. The van der Waals surface area contributed by atoms with E-state index in [0.717, 1.165) is 38.1 Å². The second-order valence-corrected chi connectivity index (χ2v) is 7.16. The van der Waals surface area contributed by atoms with Crippen molar-refractivity contribution in [1.82, 2.24) is 14.9 Å². The maximum atomic E-state index is 12.9. The van der Waals surface area contributed by atoms with E-state index in [1.807, 2.05) is 12.4 Å². The van der Waals surface area contributed by atoms with Gasteiger partial charge >= 0.3 is 0 Å². The molecule has 0 bridgehead atoms. The van der Waals surface area contributed by atoms with Crippen molar-refractivity contribution in [2.24, 2.45) is 0 Å². The Hall–Kier alpha value is -2.10. The van der Waals surface area contributed by atoms with Crippen molar-refractivity contribution in [3.05, 3.63) is 53.1 Å². The van der Waals surface area contributed by atoms with Crippen molar-refractivity contribution in [2.75, 3.05) is 0 Å². The zero-order valence-electron chi connectivity index (χ0n) is 13.8. The number of hydrogen-bond donors (Lipinski definition) is 1. The van der Waals surface area contributed by atoms with Gasteiger partial charge in [0, 0.05) is 31.4 Å². The maximum Gasteiger partial charge on any atom is 0.230 e. The Labute approximate surface area is 136 Å². The van der Waals surface area contributed by atoms with E-state index in [0.29, 0.717) is 0 Å². The molecule has 4 nitrogen and oxygen atoms in total. The van der Waals surface area contributed by atoms with Crippen molar-refractivity contribution in [1.29, 1.82) is 0 Å². The van der Waals surface area contributed by atoms with Crippen LogP contribution in [0.3, 0.4) is 0 Å². The first-order valence-electron chi connectivity index (χ1n) is 8.47. The molecule has 0 saturated heterocycles. The number of benzene rings is 1. The molecule has 4 rings (SSSR count). The Kier molecular flexibility index (Phi) is 3.29. The topological polar surface area (TPSA) is 46.9 Å². The van der Waals surface area contributed by atoms with E-state index in [-0.39, 0.29) is 17.4 Å². The summed E-state index contributed by atoms with van der Waals surface area (Å²) in [5, 5.41) is 3.30. The molecule has 1 aliphatic heterocycles. The van der Waals surface area contributed by atoms with Gasteiger partial charge in [0.25, 0.3) is 0 Å². The zero-order chi connectivity index (χ0) is 16.0. The number of imidazole rings is 1. The molecular weight excluding hydrogens is 286 g/mol. The molecule has 1 N–H and O–H groups in total. The Bertz CT molecular complexity index is 737. The minimum Gasteiger partial charge on any atom is -0.351 e. The van der Waals surface area contributed by atoms with Crippen molar-refractivity contribution in [3.63, 3.8) is 0 Å². The number of fused-ring (bicyclic) bond motifs is 1. The number of carbonyl (C=O) groups is 1. The van der Waals surface area contributed by atoms with Gasteiger partial charge in [0.2, 0.25) is 5.91 Å². The van der Waals surface area contributed by atoms with Crippen LogP contribution in [0.15, 0.2) is 30.6 Å². The fraction of sp³-hybridized carbons (Fsp3) is 0.474. The van der Waals surface area contributed by atoms with Gasteiger partial charge in [-0.2, -0.15) is 0 Å². The Balaban J connectivity index is 1.51. The van der Waals surface area contributed by atoms with E-state index < -0.39 is 0 Å². The van der Waals surface area contributed by atoms with Gasteiger partial charge in [0.1, 0.15) is 5.82 Å². The fourth-order valence-corrected chi connectivity index (χ4v) is 3.83. The number of rotatable bonds is 3. The van der Waals surface area contributed by atoms with Gasteiger partial charge in [-0.15, -0.1) is 0 Å². The van der Waals surface area contributed by atoms with E-state index in [9.17, 15) is 4.79 Å². The first-order chi connectivity index (χ1) is 11.1. The second-order valence-electron chi connectivity index (χ2n) is 7.16. The molecule has 1 atom stereocenters. The lowest BCUT2D eigenvalue weighted by Gasteiger charge is -2.27. The van der Waals surface area contributed by atoms with E-state index in [4.69, 9.17) is 0 Å². The van der Waals surface area contributed by atoms with Crippen LogP contribution in [0.4, 0.5) is 0 Å². The second kappa shape index (κ2) is 5.22. The van der Waals surface area contributed by atoms with Gasteiger partial charge < -0.3 is 9.88 Å². The van der Waals surface area contributed by atoms with Crippen molar-refractivity contribution in [2.45, 2.75) is 57.5 Å². The molecule has 1 saturated carbocycles. The summed E-state index contributed by atoms with van der Waals surface area (Å²) >= 11 is 0. The number of aromatic nitrogens is 2. The van der Waals surface area contributed by atoms with Crippen molar-refractivity contribution in [3.8, 4) is 0 Å². The summed E-state index contributed by atoms with van der Waals surface area (Å²) in [6.07, 6.45) is 7.69. The van der Waals surface area contributed by atoms with Crippen molar-refractivity contribution >= 4 is 5.91 Å². The van der Waals surface area contributed by atoms with Crippen LogP contribution >= 0.6 is 0 Å². The minimum absolute atomic E-state index is 0.205. The molecular formula is C19H23N3O. The summed E-state index contributed by atoms with van der Waals surface area (Å²) in [6.45, 7) is 5.04. The molecule has 120 valence electrons. The minimum atomic E-state index is -0.286. The van der Waals surface area contributed by atoms with Crippen molar-refractivity contribution < 1.29 is 4.79 Å². The molecule has 23 heavy (non-hydrogen) atoms. The molecule has 1 aromatic carbocycles. The molecule has 1 aromatic heterocycles. The average molecular weight is 309 g/mol. The molecule has 0 spiro atoms. The van der Waals surface area contributed by atoms with Crippen LogP contribution in [0.1, 0.15) is 41.8 Å². The number of nitrogens with one attached hydrogen (secondary N) is 1. The third kappa shape index (κ3) is 2.56. The molecule has 1 aliphatic carbocycles. The van der Waals surface area contributed by atoms with E-state index in [1.54, 1.807) is 0 Å². The molecule has 1 fully saturated rings. The molecule has 2 heterocycles. The molecule has 2 aromatic rings. The number of aryl methyl sites for hydroxylation is 3. The highest BCUT2D eigenvalue weighted by atomic mass is 16.2. The van der Waals surface area contributed by atoms with Gasteiger partial charge in [-0.3, -0.25) is 4.79 Å². The summed E-state index contributed by atoms with van der Waals surface area (Å²) in [4.78, 5) is 17.3. The van der Waals surface area contributed by atoms with Gasteiger partial charge in [-0.25, -0.2) is 4.98 Å². The summed E-state index contributed by atoms with van der Waals surface area (Å²) in [7, 11) is 0. The van der Waals surface area contributed by atoms with Crippen LogP contribution in [-0.2, 0) is 23.2 Å². The lowest BCUT2D eigenvalue weighted by Crippen LogP contribution is -2.45. The largest absolute Gasteiger partial charge is 0.351 e. The normalized spacial score (nSPS) is 21.6. The van der Waals surface area contributed by atoms with Gasteiger partial charge in [-0.1, -0.05) is 29.3 Å². The molecule has 4 heteroatoms. The first kappa shape index (κ1) is 14.5. The summed E-state index contributed by atoms with van der Waals surface area (Å²) in [5.74, 6) is 1.34. The van der Waals surface area contributed by atoms with Crippen LogP contribution < -0.4 is 5.32 Å².